The predicted molar refractivity (Wildman–Crippen MR) is 55.3 cm³/mol. The number of hydrogen-bond acceptors (Lipinski definition) is 3. The molecule has 0 aliphatic rings. The van der Waals surface area contributed by atoms with Gasteiger partial charge < -0.3 is 10.5 Å². The van der Waals surface area contributed by atoms with E-state index in [0.29, 0.717) is 5.56 Å². The van der Waals surface area contributed by atoms with Gasteiger partial charge in [-0.05, 0) is 17.7 Å². The molecule has 0 spiro atoms. The lowest BCUT2D eigenvalue weighted by Crippen LogP contribution is -2.21. The fourth-order valence-corrected chi connectivity index (χ4v) is 1.18. The Labute approximate surface area is 101 Å². The van der Waals surface area contributed by atoms with Crippen molar-refractivity contribution in [2.24, 2.45) is 5.73 Å². The first-order chi connectivity index (χ1) is 8.29. The maximum absolute atomic E-state index is 12.2. The minimum Gasteiger partial charge on any atom is -0.455 e. The molecule has 0 unspecified atom stereocenters. The smallest absolute Gasteiger partial charge is 0.416 e. The highest BCUT2D eigenvalue weighted by atomic mass is 19.4. The van der Waals surface area contributed by atoms with Crippen LogP contribution < -0.4 is 5.73 Å². The van der Waals surface area contributed by atoms with Gasteiger partial charge in [0, 0.05) is 0 Å². The summed E-state index contributed by atoms with van der Waals surface area (Å²) < 4.78 is 41.2. The highest BCUT2D eigenvalue weighted by Crippen LogP contribution is 2.29. The van der Waals surface area contributed by atoms with Gasteiger partial charge in [0.25, 0.3) is 5.91 Å². The van der Waals surface area contributed by atoms with E-state index in [4.69, 9.17) is 5.73 Å². The zero-order valence-electron chi connectivity index (χ0n) is 9.16. The molecule has 0 aromatic heterocycles. The van der Waals surface area contributed by atoms with Crippen LogP contribution in [0.2, 0.25) is 0 Å². The molecule has 0 fully saturated rings. The highest BCUT2D eigenvalue weighted by molar-refractivity contribution is 5.79. The SMILES string of the molecule is NC(=O)COC(=O)Cc1ccc(C(F)(F)F)cc1. The van der Waals surface area contributed by atoms with E-state index in [1.54, 1.807) is 0 Å². The third-order valence-electron chi connectivity index (χ3n) is 2.01. The van der Waals surface area contributed by atoms with Gasteiger partial charge in [-0.2, -0.15) is 13.2 Å². The summed E-state index contributed by atoms with van der Waals surface area (Å²) in [5, 5.41) is 0. The standard InChI is InChI=1S/C11H10F3NO3/c12-11(13,14)8-3-1-7(2-4-8)5-10(17)18-6-9(15)16/h1-4H,5-6H2,(H2,15,16). The molecule has 0 atom stereocenters. The molecule has 0 aliphatic carbocycles. The molecule has 0 aliphatic heterocycles. The second kappa shape index (κ2) is 5.52. The molecule has 1 amide bonds. The number of rotatable bonds is 4. The number of primary amides is 1. The molecule has 2 N–H and O–H groups in total. The largest absolute Gasteiger partial charge is 0.455 e. The minimum absolute atomic E-state index is 0.217. The number of nitrogens with two attached hydrogens (primary N) is 1. The van der Waals surface area contributed by atoms with Crippen LogP contribution >= 0.6 is 0 Å². The number of hydrogen-bond donors (Lipinski definition) is 1. The van der Waals surface area contributed by atoms with E-state index in [1.807, 2.05) is 0 Å². The summed E-state index contributed by atoms with van der Waals surface area (Å²) in [6, 6.07) is 4.09. The second-order valence-electron chi connectivity index (χ2n) is 3.50. The van der Waals surface area contributed by atoms with Crippen molar-refractivity contribution in [2.75, 3.05) is 6.61 Å². The first-order valence-corrected chi connectivity index (χ1v) is 4.89. The van der Waals surface area contributed by atoms with Crippen molar-refractivity contribution < 1.29 is 27.5 Å². The fourth-order valence-electron chi connectivity index (χ4n) is 1.18. The van der Waals surface area contributed by atoms with Gasteiger partial charge in [-0.1, -0.05) is 12.1 Å². The van der Waals surface area contributed by atoms with E-state index in [0.717, 1.165) is 12.1 Å². The molecule has 1 aromatic carbocycles. The normalized spacial score (nSPS) is 11.1. The van der Waals surface area contributed by atoms with Gasteiger partial charge in [-0.15, -0.1) is 0 Å². The van der Waals surface area contributed by atoms with Crippen LogP contribution in [0.3, 0.4) is 0 Å². The number of alkyl halides is 3. The number of halogens is 3. The highest BCUT2D eigenvalue weighted by Gasteiger charge is 2.29. The Kier molecular flexibility index (Phi) is 4.30. The monoisotopic (exact) mass is 261 g/mol. The summed E-state index contributed by atoms with van der Waals surface area (Å²) in [6.45, 7) is -0.542. The Morgan fingerprint density at radius 2 is 1.72 bits per heavy atom. The minimum atomic E-state index is -4.41. The van der Waals surface area contributed by atoms with Crippen LogP contribution in [-0.4, -0.2) is 18.5 Å². The molecule has 0 bridgehead atoms. The number of benzene rings is 1. The van der Waals surface area contributed by atoms with E-state index in [2.05, 4.69) is 4.74 Å². The van der Waals surface area contributed by atoms with Crippen molar-refractivity contribution in [3.63, 3.8) is 0 Å². The van der Waals surface area contributed by atoms with Gasteiger partial charge in [-0.25, -0.2) is 0 Å². The first-order valence-electron chi connectivity index (χ1n) is 4.89. The molecule has 7 heteroatoms. The van der Waals surface area contributed by atoms with Crippen molar-refractivity contribution >= 4 is 11.9 Å². The lowest BCUT2D eigenvalue weighted by molar-refractivity contribution is -0.147. The molecule has 0 saturated carbocycles. The van der Waals surface area contributed by atoms with Crippen LogP contribution in [0.5, 0.6) is 0 Å². The molecule has 0 heterocycles. The Morgan fingerprint density at radius 3 is 2.17 bits per heavy atom. The Bertz CT molecular complexity index is 440. The third kappa shape index (κ3) is 4.44. The van der Waals surface area contributed by atoms with Crippen molar-refractivity contribution in [1.29, 1.82) is 0 Å². The Balaban J connectivity index is 2.59. The number of carbonyl (C=O) groups excluding carboxylic acids is 2. The predicted octanol–water partition coefficient (Wildman–Crippen LogP) is 1.28. The average Bonchev–Trinajstić information content (AvgIpc) is 2.26. The van der Waals surface area contributed by atoms with Gasteiger partial charge >= 0.3 is 12.1 Å². The number of esters is 1. The van der Waals surface area contributed by atoms with Crippen LogP contribution in [0.15, 0.2) is 24.3 Å². The Hall–Kier alpha value is -2.05. The number of carbonyl (C=O) groups is 2. The molecule has 0 radical (unpaired) electrons. The molecular formula is C11H10F3NO3. The van der Waals surface area contributed by atoms with Crippen molar-refractivity contribution in [3.8, 4) is 0 Å². The molecule has 1 aromatic rings. The van der Waals surface area contributed by atoms with Gasteiger partial charge in [0.05, 0.1) is 12.0 Å². The Morgan fingerprint density at radius 1 is 1.17 bits per heavy atom. The summed E-state index contributed by atoms with van der Waals surface area (Å²) in [7, 11) is 0. The van der Waals surface area contributed by atoms with E-state index >= 15 is 0 Å². The second-order valence-corrected chi connectivity index (χ2v) is 3.50. The summed E-state index contributed by atoms with van der Waals surface area (Å²) in [4.78, 5) is 21.5. The van der Waals surface area contributed by atoms with Gasteiger partial charge in [0.15, 0.2) is 6.61 Å². The zero-order valence-corrected chi connectivity index (χ0v) is 9.16. The van der Waals surface area contributed by atoms with Gasteiger partial charge in [0.2, 0.25) is 0 Å². The number of amides is 1. The lowest BCUT2D eigenvalue weighted by atomic mass is 10.1. The molecule has 98 valence electrons. The summed E-state index contributed by atoms with van der Waals surface area (Å²) in [5.74, 6) is -1.52. The first kappa shape index (κ1) is 14.0. The summed E-state index contributed by atoms with van der Waals surface area (Å²) in [5.41, 5.74) is 4.32. The fraction of sp³-hybridized carbons (Fsp3) is 0.273. The van der Waals surface area contributed by atoms with Crippen LogP contribution in [0.1, 0.15) is 11.1 Å². The van der Waals surface area contributed by atoms with Crippen molar-refractivity contribution in [1.82, 2.24) is 0 Å². The van der Waals surface area contributed by atoms with Crippen LogP contribution in [0, 0.1) is 0 Å². The summed E-state index contributed by atoms with van der Waals surface area (Å²) >= 11 is 0. The van der Waals surface area contributed by atoms with Gasteiger partial charge in [-0.3, -0.25) is 9.59 Å². The van der Waals surface area contributed by atoms with E-state index in [9.17, 15) is 22.8 Å². The zero-order chi connectivity index (χ0) is 13.8. The number of ether oxygens (including phenoxy) is 1. The quantitative estimate of drug-likeness (QED) is 0.830. The van der Waals surface area contributed by atoms with Crippen molar-refractivity contribution in [2.45, 2.75) is 12.6 Å². The van der Waals surface area contributed by atoms with Gasteiger partial charge in [0.1, 0.15) is 0 Å². The van der Waals surface area contributed by atoms with Crippen LogP contribution in [-0.2, 0) is 26.9 Å². The van der Waals surface area contributed by atoms with Crippen molar-refractivity contribution in [3.05, 3.63) is 35.4 Å². The molecule has 18 heavy (non-hydrogen) atoms. The van der Waals surface area contributed by atoms with E-state index < -0.39 is 30.2 Å². The summed E-state index contributed by atoms with van der Waals surface area (Å²) in [6.07, 6.45) is -4.63. The topological polar surface area (TPSA) is 69.4 Å². The third-order valence-corrected chi connectivity index (χ3v) is 2.01. The maximum atomic E-state index is 12.2. The molecule has 0 saturated heterocycles. The molecule has 1 rings (SSSR count). The average molecular weight is 261 g/mol. The van der Waals surface area contributed by atoms with Crippen LogP contribution in [0.25, 0.3) is 0 Å². The maximum Gasteiger partial charge on any atom is 0.416 e. The molecular weight excluding hydrogens is 251 g/mol. The van der Waals surface area contributed by atoms with E-state index in [1.165, 1.54) is 12.1 Å². The van der Waals surface area contributed by atoms with Crippen LogP contribution in [0.4, 0.5) is 13.2 Å². The molecule has 4 nitrogen and oxygen atoms in total. The lowest BCUT2D eigenvalue weighted by Gasteiger charge is -2.07. The van der Waals surface area contributed by atoms with E-state index in [-0.39, 0.29) is 6.42 Å².